The highest BCUT2D eigenvalue weighted by Crippen LogP contribution is 2.13. The highest BCUT2D eigenvalue weighted by molar-refractivity contribution is 5.77. The van der Waals surface area contributed by atoms with Gasteiger partial charge in [-0.2, -0.15) is 5.06 Å². The Morgan fingerprint density at radius 2 is 1.92 bits per heavy atom. The molecule has 0 aromatic rings. The lowest BCUT2D eigenvalue weighted by Gasteiger charge is -2.30. The molecule has 0 aliphatic carbocycles. The van der Waals surface area contributed by atoms with Crippen LogP contribution in [0.2, 0.25) is 0 Å². The standard InChI is InChI=1S/C8H17NO3/c1-6(2)5-9(12)8(3,4)7(10)11/h6,12H,5H2,1-4H3,(H,10,11). The summed E-state index contributed by atoms with van der Waals surface area (Å²) < 4.78 is 0. The van der Waals surface area contributed by atoms with Gasteiger partial charge in [-0.25, -0.2) is 0 Å². The molecule has 12 heavy (non-hydrogen) atoms. The molecule has 0 aliphatic heterocycles. The summed E-state index contributed by atoms with van der Waals surface area (Å²) in [5.41, 5.74) is -1.20. The van der Waals surface area contributed by atoms with Crippen molar-refractivity contribution in [3.63, 3.8) is 0 Å². The fourth-order valence-electron chi connectivity index (χ4n) is 0.684. The van der Waals surface area contributed by atoms with Gasteiger partial charge in [-0.1, -0.05) is 13.8 Å². The first-order valence-corrected chi connectivity index (χ1v) is 3.98. The van der Waals surface area contributed by atoms with Crippen molar-refractivity contribution >= 4 is 5.97 Å². The molecule has 4 nitrogen and oxygen atoms in total. The molecule has 0 aromatic carbocycles. The molecule has 0 radical (unpaired) electrons. The summed E-state index contributed by atoms with van der Waals surface area (Å²) in [6.07, 6.45) is 0. The summed E-state index contributed by atoms with van der Waals surface area (Å²) in [4.78, 5) is 10.6. The van der Waals surface area contributed by atoms with Gasteiger partial charge in [0.15, 0.2) is 0 Å². The van der Waals surface area contributed by atoms with Crippen LogP contribution in [0.5, 0.6) is 0 Å². The summed E-state index contributed by atoms with van der Waals surface area (Å²) >= 11 is 0. The first-order valence-electron chi connectivity index (χ1n) is 3.98. The van der Waals surface area contributed by atoms with Gasteiger partial charge in [-0.05, 0) is 19.8 Å². The molecule has 0 rings (SSSR count). The van der Waals surface area contributed by atoms with E-state index in [2.05, 4.69) is 0 Å². The van der Waals surface area contributed by atoms with Crippen molar-refractivity contribution in [1.29, 1.82) is 0 Å². The van der Waals surface area contributed by atoms with E-state index in [0.29, 0.717) is 6.54 Å². The second-order valence-electron chi connectivity index (χ2n) is 3.84. The number of nitrogens with zero attached hydrogens (tertiary/aromatic N) is 1. The third-order valence-corrected chi connectivity index (χ3v) is 1.71. The van der Waals surface area contributed by atoms with E-state index in [4.69, 9.17) is 5.11 Å². The van der Waals surface area contributed by atoms with Crippen LogP contribution < -0.4 is 0 Å². The molecule has 0 heterocycles. The van der Waals surface area contributed by atoms with Crippen molar-refractivity contribution in [3.8, 4) is 0 Å². The molecular formula is C8H17NO3. The molecule has 0 atom stereocenters. The third kappa shape index (κ3) is 2.79. The van der Waals surface area contributed by atoms with E-state index in [1.807, 2.05) is 13.8 Å². The highest BCUT2D eigenvalue weighted by atomic mass is 16.5. The van der Waals surface area contributed by atoms with Crippen LogP contribution in [0.4, 0.5) is 0 Å². The Bertz CT molecular complexity index is 166. The fourth-order valence-corrected chi connectivity index (χ4v) is 0.684. The zero-order chi connectivity index (χ0) is 9.94. The van der Waals surface area contributed by atoms with Crippen molar-refractivity contribution in [1.82, 2.24) is 5.06 Å². The van der Waals surface area contributed by atoms with Crippen LogP contribution >= 0.6 is 0 Å². The van der Waals surface area contributed by atoms with Crippen molar-refractivity contribution in [2.75, 3.05) is 6.54 Å². The quantitative estimate of drug-likeness (QED) is 0.630. The lowest BCUT2D eigenvalue weighted by Crippen LogP contribution is -2.49. The molecule has 72 valence electrons. The maximum absolute atomic E-state index is 10.6. The zero-order valence-electron chi connectivity index (χ0n) is 8.03. The van der Waals surface area contributed by atoms with E-state index in [1.165, 1.54) is 13.8 Å². The first kappa shape index (κ1) is 11.4. The predicted molar refractivity (Wildman–Crippen MR) is 45.0 cm³/mol. The van der Waals surface area contributed by atoms with Gasteiger partial charge in [0.05, 0.1) is 0 Å². The molecule has 0 aliphatic rings. The van der Waals surface area contributed by atoms with Crippen LogP contribution in [0.15, 0.2) is 0 Å². The minimum Gasteiger partial charge on any atom is -0.480 e. The van der Waals surface area contributed by atoms with Gasteiger partial charge in [0.25, 0.3) is 0 Å². The summed E-state index contributed by atoms with van der Waals surface area (Å²) in [6, 6.07) is 0. The number of hydrogen-bond acceptors (Lipinski definition) is 3. The number of hydroxylamine groups is 2. The predicted octanol–water partition coefficient (Wildman–Crippen LogP) is 1.20. The van der Waals surface area contributed by atoms with Gasteiger partial charge in [-0.3, -0.25) is 4.79 Å². The second kappa shape index (κ2) is 3.87. The van der Waals surface area contributed by atoms with E-state index in [-0.39, 0.29) is 5.92 Å². The second-order valence-corrected chi connectivity index (χ2v) is 3.84. The van der Waals surface area contributed by atoms with Crippen LogP contribution in [-0.2, 0) is 4.79 Å². The summed E-state index contributed by atoms with van der Waals surface area (Å²) in [7, 11) is 0. The van der Waals surface area contributed by atoms with Crippen LogP contribution in [0, 0.1) is 5.92 Å². The van der Waals surface area contributed by atoms with E-state index < -0.39 is 11.5 Å². The molecule has 0 spiro atoms. The number of carboxylic acid groups (broad SMARTS) is 1. The van der Waals surface area contributed by atoms with E-state index >= 15 is 0 Å². The number of carboxylic acids is 1. The minimum absolute atomic E-state index is 0.244. The van der Waals surface area contributed by atoms with Crippen LogP contribution in [0.3, 0.4) is 0 Å². The number of rotatable bonds is 4. The van der Waals surface area contributed by atoms with Crippen molar-refractivity contribution < 1.29 is 15.1 Å². The SMILES string of the molecule is CC(C)CN(O)C(C)(C)C(=O)O. The van der Waals surface area contributed by atoms with Gasteiger partial charge in [0.1, 0.15) is 5.54 Å². The van der Waals surface area contributed by atoms with Gasteiger partial charge in [-0.15, -0.1) is 0 Å². The number of aliphatic carboxylic acids is 1. The normalized spacial score (nSPS) is 12.6. The van der Waals surface area contributed by atoms with Gasteiger partial charge in [0, 0.05) is 6.54 Å². The topological polar surface area (TPSA) is 60.8 Å². The maximum atomic E-state index is 10.6. The Morgan fingerprint density at radius 1 is 1.50 bits per heavy atom. The monoisotopic (exact) mass is 175 g/mol. The van der Waals surface area contributed by atoms with E-state index in [0.717, 1.165) is 5.06 Å². The summed E-state index contributed by atoms with van der Waals surface area (Å²) in [6.45, 7) is 7.14. The third-order valence-electron chi connectivity index (χ3n) is 1.71. The minimum atomic E-state index is -1.20. The van der Waals surface area contributed by atoms with Crippen LogP contribution in [0.25, 0.3) is 0 Å². The smallest absolute Gasteiger partial charge is 0.325 e. The van der Waals surface area contributed by atoms with E-state index in [9.17, 15) is 10.0 Å². The summed E-state index contributed by atoms with van der Waals surface area (Å²) in [5.74, 6) is -0.778. The Balaban J connectivity index is 4.25. The van der Waals surface area contributed by atoms with Gasteiger partial charge < -0.3 is 10.3 Å². The van der Waals surface area contributed by atoms with Crippen LogP contribution in [-0.4, -0.2) is 33.4 Å². The lowest BCUT2D eigenvalue weighted by molar-refractivity contribution is -0.193. The Kier molecular flexibility index (Phi) is 3.67. The molecule has 0 aromatic heterocycles. The molecule has 0 unspecified atom stereocenters. The average molecular weight is 175 g/mol. The molecule has 0 amide bonds. The van der Waals surface area contributed by atoms with Gasteiger partial charge in [0.2, 0.25) is 0 Å². The number of carbonyl (C=O) groups is 1. The lowest BCUT2D eigenvalue weighted by atomic mass is 10.0. The molecule has 0 fully saturated rings. The van der Waals surface area contributed by atoms with Gasteiger partial charge >= 0.3 is 5.97 Å². The highest BCUT2D eigenvalue weighted by Gasteiger charge is 2.33. The number of hydrogen-bond donors (Lipinski definition) is 2. The molecule has 4 heteroatoms. The first-order chi connectivity index (χ1) is 5.28. The Labute approximate surface area is 72.8 Å². The van der Waals surface area contributed by atoms with Crippen molar-refractivity contribution in [2.45, 2.75) is 33.2 Å². The maximum Gasteiger partial charge on any atom is 0.325 e. The zero-order valence-corrected chi connectivity index (χ0v) is 8.03. The Morgan fingerprint density at radius 3 is 2.17 bits per heavy atom. The van der Waals surface area contributed by atoms with E-state index in [1.54, 1.807) is 0 Å². The largest absolute Gasteiger partial charge is 0.480 e. The van der Waals surface area contributed by atoms with Crippen molar-refractivity contribution in [3.05, 3.63) is 0 Å². The Hall–Kier alpha value is -0.610. The average Bonchev–Trinajstić information content (AvgIpc) is 1.85. The summed E-state index contributed by atoms with van der Waals surface area (Å²) in [5, 5.41) is 19.0. The molecule has 0 saturated heterocycles. The molecule has 0 bridgehead atoms. The molecular weight excluding hydrogens is 158 g/mol. The fraction of sp³-hybridized carbons (Fsp3) is 0.875. The van der Waals surface area contributed by atoms with Crippen molar-refractivity contribution in [2.24, 2.45) is 5.92 Å². The molecule has 0 saturated carbocycles. The molecule has 2 N–H and O–H groups in total. The van der Waals surface area contributed by atoms with Crippen LogP contribution in [0.1, 0.15) is 27.7 Å².